The van der Waals surface area contributed by atoms with Crippen LogP contribution in [0.5, 0.6) is 0 Å². The molecule has 1 saturated heterocycles. The second-order valence-corrected chi connectivity index (χ2v) is 5.29. The molecule has 1 saturated carbocycles. The van der Waals surface area contributed by atoms with Gasteiger partial charge in [-0.3, -0.25) is 4.90 Å². The maximum Gasteiger partial charge on any atom is 0.406 e. The number of halogens is 3. The monoisotopic (exact) mass is 236 g/mol. The first-order valence-electron chi connectivity index (χ1n) is 5.90. The molecule has 1 heterocycles. The van der Waals surface area contributed by atoms with Gasteiger partial charge in [-0.25, -0.2) is 0 Å². The smallest absolute Gasteiger partial charge is 0.309 e. The zero-order chi connectivity index (χ0) is 12.0. The van der Waals surface area contributed by atoms with Crippen molar-refractivity contribution in [2.75, 3.05) is 19.6 Å². The zero-order valence-corrected chi connectivity index (χ0v) is 9.82. The van der Waals surface area contributed by atoms with Crippen molar-refractivity contribution in [1.29, 1.82) is 0 Å². The van der Waals surface area contributed by atoms with E-state index in [9.17, 15) is 13.2 Å². The summed E-state index contributed by atoms with van der Waals surface area (Å²) in [4.78, 5) is 1.65. The molecule has 2 rings (SSSR count). The third-order valence-corrected chi connectivity index (χ3v) is 4.11. The molecule has 2 fully saturated rings. The fraction of sp³-hybridized carbons (Fsp3) is 1.00. The number of rotatable bonds is 2. The number of nitrogens with one attached hydrogen (secondary N) is 1. The van der Waals surface area contributed by atoms with Crippen molar-refractivity contribution in [3.8, 4) is 0 Å². The van der Waals surface area contributed by atoms with Crippen LogP contribution in [0.1, 0.15) is 33.1 Å². The van der Waals surface area contributed by atoms with Gasteiger partial charge in [0.25, 0.3) is 0 Å². The lowest BCUT2D eigenvalue weighted by Crippen LogP contribution is -2.63. The average Bonchev–Trinajstić information content (AvgIpc) is 2.97. The third kappa shape index (κ3) is 1.84. The quantitative estimate of drug-likeness (QED) is 0.790. The van der Waals surface area contributed by atoms with Crippen LogP contribution in [0.3, 0.4) is 0 Å². The van der Waals surface area contributed by atoms with E-state index in [-0.39, 0.29) is 18.4 Å². The Balaban J connectivity index is 2.11. The maximum atomic E-state index is 13.0. The summed E-state index contributed by atoms with van der Waals surface area (Å²) in [5.74, 6) is 0. The normalized spacial score (nSPS) is 35.1. The molecule has 94 valence electrons. The molecular weight excluding hydrogens is 217 g/mol. The summed E-state index contributed by atoms with van der Waals surface area (Å²) in [5.41, 5.74) is -1.66. The van der Waals surface area contributed by atoms with Crippen LogP contribution in [0.4, 0.5) is 13.2 Å². The van der Waals surface area contributed by atoms with Gasteiger partial charge < -0.3 is 5.32 Å². The molecule has 0 aromatic rings. The molecule has 1 atom stereocenters. The van der Waals surface area contributed by atoms with Gasteiger partial charge in [0.05, 0.1) is 0 Å². The van der Waals surface area contributed by atoms with Crippen LogP contribution >= 0.6 is 0 Å². The SMILES string of the molecule is CCC1(C)CN(C2(C(F)(F)F)CC2)CCN1. The molecular formula is C11H19F3N2. The summed E-state index contributed by atoms with van der Waals surface area (Å²) in [6.07, 6.45) is -2.66. The van der Waals surface area contributed by atoms with E-state index in [1.807, 2.05) is 13.8 Å². The lowest BCUT2D eigenvalue weighted by atomic mass is 9.94. The van der Waals surface area contributed by atoms with E-state index in [0.717, 1.165) is 6.42 Å². The van der Waals surface area contributed by atoms with E-state index in [0.29, 0.717) is 19.6 Å². The van der Waals surface area contributed by atoms with Crippen LogP contribution < -0.4 is 5.32 Å². The Kier molecular flexibility index (Phi) is 2.74. The lowest BCUT2D eigenvalue weighted by Gasteiger charge is -2.45. The van der Waals surface area contributed by atoms with Gasteiger partial charge in [0, 0.05) is 25.2 Å². The van der Waals surface area contributed by atoms with Crippen molar-refractivity contribution in [3.63, 3.8) is 0 Å². The van der Waals surface area contributed by atoms with Crippen LogP contribution in [0.15, 0.2) is 0 Å². The van der Waals surface area contributed by atoms with Gasteiger partial charge in [0.15, 0.2) is 0 Å². The highest BCUT2D eigenvalue weighted by Crippen LogP contribution is 2.54. The molecule has 0 radical (unpaired) electrons. The first kappa shape index (κ1) is 12.2. The van der Waals surface area contributed by atoms with Crippen LogP contribution in [0.2, 0.25) is 0 Å². The Morgan fingerprint density at radius 3 is 2.38 bits per heavy atom. The van der Waals surface area contributed by atoms with Gasteiger partial charge in [0.2, 0.25) is 0 Å². The molecule has 0 spiro atoms. The van der Waals surface area contributed by atoms with Gasteiger partial charge in [0.1, 0.15) is 5.54 Å². The summed E-state index contributed by atoms with van der Waals surface area (Å²) >= 11 is 0. The highest BCUT2D eigenvalue weighted by Gasteiger charge is 2.67. The highest BCUT2D eigenvalue weighted by atomic mass is 19.4. The van der Waals surface area contributed by atoms with E-state index in [2.05, 4.69) is 5.32 Å². The molecule has 2 aliphatic rings. The molecule has 0 aromatic heterocycles. The predicted octanol–water partition coefficient (Wildman–Crippen LogP) is 2.16. The molecule has 0 amide bonds. The Hall–Kier alpha value is -0.290. The van der Waals surface area contributed by atoms with Crippen LogP contribution in [-0.2, 0) is 0 Å². The average molecular weight is 236 g/mol. The van der Waals surface area contributed by atoms with Crippen molar-refractivity contribution in [2.24, 2.45) is 0 Å². The maximum absolute atomic E-state index is 13.0. The first-order valence-corrected chi connectivity index (χ1v) is 5.90. The minimum Gasteiger partial charge on any atom is -0.309 e. The number of alkyl halides is 3. The topological polar surface area (TPSA) is 15.3 Å². The summed E-state index contributed by atoms with van der Waals surface area (Å²) in [6.45, 7) is 5.69. The number of hydrogen-bond donors (Lipinski definition) is 1. The van der Waals surface area contributed by atoms with Crippen LogP contribution in [0.25, 0.3) is 0 Å². The molecule has 1 aliphatic heterocycles. The minimum absolute atomic E-state index is 0.168. The number of piperazine rings is 1. The van der Waals surface area contributed by atoms with E-state index in [1.54, 1.807) is 4.90 Å². The van der Waals surface area contributed by atoms with Crippen molar-refractivity contribution in [1.82, 2.24) is 10.2 Å². The van der Waals surface area contributed by atoms with E-state index in [1.165, 1.54) is 0 Å². The Morgan fingerprint density at radius 2 is 1.94 bits per heavy atom. The molecule has 0 bridgehead atoms. The fourth-order valence-electron chi connectivity index (χ4n) is 2.55. The Bertz CT molecular complexity index is 273. The van der Waals surface area contributed by atoms with Crippen molar-refractivity contribution < 1.29 is 13.2 Å². The lowest BCUT2D eigenvalue weighted by molar-refractivity contribution is -0.201. The number of nitrogens with zero attached hydrogens (tertiary/aromatic N) is 1. The summed E-state index contributed by atoms with van der Waals surface area (Å²) in [6, 6.07) is 0. The molecule has 1 unspecified atom stereocenters. The molecule has 1 aliphatic carbocycles. The predicted molar refractivity (Wildman–Crippen MR) is 56.3 cm³/mol. The van der Waals surface area contributed by atoms with Gasteiger partial charge in [-0.05, 0) is 26.2 Å². The highest BCUT2D eigenvalue weighted by molar-refractivity contribution is 5.12. The van der Waals surface area contributed by atoms with Crippen molar-refractivity contribution in [2.45, 2.75) is 50.4 Å². The Morgan fingerprint density at radius 1 is 1.31 bits per heavy atom. The molecule has 1 N–H and O–H groups in total. The van der Waals surface area contributed by atoms with Crippen molar-refractivity contribution in [3.05, 3.63) is 0 Å². The van der Waals surface area contributed by atoms with Crippen molar-refractivity contribution >= 4 is 0 Å². The Labute approximate surface area is 94.2 Å². The first-order chi connectivity index (χ1) is 7.33. The van der Waals surface area contributed by atoms with Gasteiger partial charge >= 0.3 is 6.18 Å². The molecule has 2 nitrogen and oxygen atoms in total. The minimum atomic E-state index is -4.07. The summed E-state index contributed by atoms with van der Waals surface area (Å²) in [5, 5.41) is 3.32. The van der Waals surface area contributed by atoms with E-state index < -0.39 is 11.7 Å². The molecule has 0 aromatic carbocycles. The van der Waals surface area contributed by atoms with Crippen LogP contribution in [0, 0.1) is 0 Å². The fourth-order valence-corrected chi connectivity index (χ4v) is 2.55. The second kappa shape index (κ2) is 3.60. The third-order valence-electron chi connectivity index (χ3n) is 4.11. The summed E-state index contributed by atoms with van der Waals surface area (Å²) in [7, 11) is 0. The van der Waals surface area contributed by atoms with Gasteiger partial charge in [-0.15, -0.1) is 0 Å². The van der Waals surface area contributed by atoms with Gasteiger partial charge in [-0.2, -0.15) is 13.2 Å². The van der Waals surface area contributed by atoms with E-state index >= 15 is 0 Å². The van der Waals surface area contributed by atoms with Gasteiger partial charge in [-0.1, -0.05) is 6.92 Å². The molecule has 16 heavy (non-hydrogen) atoms. The largest absolute Gasteiger partial charge is 0.406 e. The zero-order valence-electron chi connectivity index (χ0n) is 9.82. The standard InChI is InChI=1S/C11H19F3N2/c1-3-9(2)8-16(7-6-15-9)10(4-5-10)11(12,13)14/h15H,3-8H2,1-2H3. The second-order valence-electron chi connectivity index (χ2n) is 5.29. The summed E-state index contributed by atoms with van der Waals surface area (Å²) < 4.78 is 38.9. The van der Waals surface area contributed by atoms with E-state index in [4.69, 9.17) is 0 Å². The van der Waals surface area contributed by atoms with Crippen LogP contribution in [-0.4, -0.2) is 41.8 Å². The molecule has 5 heteroatoms. The number of hydrogen-bond acceptors (Lipinski definition) is 2.